The number of aromatic nitrogens is 1. The van der Waals surface area contributed by atoms with Crippen LogP contribution in [0.25, 0.3) is 0 Å². The first-order valence-electron chi connectivity index (χ1n) is 7.19. The maximum Gasteiger partial charge on any atom is 0.227 e. The molecule has 2 heterocycles. The highest BCUT2D eigenvalue weighted by Gasteiger charge is 2.32. The van der Waals surface area contributed by atoms with E-state index in [0.717, 1.165) is 5.56 Å². The fourth-order valence-corrected chi connectivity index (χ4v) is 2.32. The van der Waals surface area contributed by atoms with Crippen LogP contribution < -0.4 is 4.74 Å². The lowest BCUT2D eigenvalue weighted by Crippen LogP contribution is -2.56. The monoisotopic (exact) mass is 311 g/mol. The summed E-state index contributed by atoms with van der Waals surface area (Å²) in [5.41, 5.74) is 1.27. The number of carbonyl (C=O) groups excluding carboxylic acids is 1. The van der Waals surface area contributed by atoms with Crippen molar-refractivity contribution in [2.45, 2.75) is 12.5 Å². The number of hydrogen-bond acceptors (Lipinski definition) is 4. The summed E-state index contributed by atoms with van der Waals surface area (Å²) >= 11 is 0. The predicted octanol–water partition coefficient (Wildman–Crippen LogP) is 1.92. The predicted molar refractivity (Wildman–Crippen MR) is 80.1 cm³/mol. The number of pyridine rings is 1. The number of amides is 1. The molecule has 1 aromatic heterocycles. The number of ether oxygens (including phenoxy) is 1. The third-order valence-electron chi connectivity index (χ3n) is 3.62. The first kappa shape index (κ1) is 15.0. The largest absolute Gasteiger partial charge is 0.471 e. The third-order valence-corrected chi connectivity index (χ3v) is 3.62. The van der Waals surface area contributed by atoms with Crippen LogP contribution in [0.2, 0.25) is 0 Å². The number of hydrogen-bond donors (Lipinski definition) is 0. The minimum atomic E-state index is -0.314. The summed E-state index contributed by atoms with van der Waals surface area (Å²) in [4.78, 5) is 17.8. The van der Waals surface area contributed by atoms with Gasteiger partial charge in [-0.25, -0.2) is 9.37 Å². The van der Waals surface area contributed by atoms with Crippen molar-refractivity contribution in [3.05, 3.63) is 59.5 Å². The Bertz CT molecular complexity index is 749. The van der Waals surface area contributed by atoms with Gasteiger partial charge in [-0.2, -0.15) is 5.26 Å². The molecule has 1 fully saturated rings. The first-order valence-corrected chi connectivity index (χ1v) is 7.19. The normalized spacial score (nSPS) is 14.0. The summed E-state index contributed by atoms with van der Waals surface area (Å²) < 4.78 is 18.5. The highest BCUT2D eigenvalue weighted by atomic mass is 19.1. The molecule has 0 spiro atoms. The number of likely N-dealkylation sites (tertiary alicyclic amines) is 1. The van der Waals surface area contributed by atoms with Gasteiger partial charge in [-0.05, 0) is 23.8 Å². The van der Waals surface area contributed by atoms with Crippen LogP contribution >= 0.6 is 0 Å². The second-order valence-corrected chi connectivity index (χ2v) is 5.34. The van der Waals surface area contributed by atoms with Crippen LogP contribution in [0.5, 0.6) is 5.88 Å². The van der Waals surface area contributed by atoms with Crippen LogP contribution in [0.4, 0.5) is 4.39 Å². The van der Waals surface area contributed by atoms with Gasteiger partial charge in [0.15, 0.2) is 0 Å². The zero-order valence-electron chi connectivity index (χ0n) is 12.3. The maximum atomic E-state index is 12.8. The van der Waals surface area contributed by atoms with E-state index in [2.05, 4.69) is 4.98 Å². The van der Waals surface area contributed by atoms with Crippen molar-refractivity contribution >= 4 is 5.91 Å². The molecule has 6 heteroatoms. The van der Waals surface area contributed by atoms with E-state index < -0.39 is 0 Å². The van der Waals surface area contributed by atoms with Crippen LogP contribution in [-0.2, 0) is 11.2 Å². The second kappa shape index (κ2) is 6.44. The summed E-state index contributed by atoms with van der Waals surface area (Å²) in [7, 11) is 0. The molecule has 3 rings (SSSR count). The smallest absolute Gasteiger partial charge is 0.227 e. The van der Waals surface area contributed by atoms with Gasteiger partial charge in [-0.15, -0.1) is 0 Å². The second-order valence-electron chi connectivity index (χ2n) is 5.34. The Morgan fingerprint density at radius 3 is 2.78 bits per heavy atom. The molecule has 1 aliphatic heterocycles. The molecule has 116 valence electrons. The van der Waals surface area contributed by atoms with Crippen LogP contribution in [0.15, 0.2) is 42.6 Å². The van der Waals surface area contributed by atoms with Crippen molar-refractivity contribution in [1.29, 1.82) is 5.26 Å². The van der Waals surface area contributed by atoms with Crippen molar-refractivity contribution in [3.63, 3.8) is 0 Å². The summed E-state index contributed by atoms with van der Waals surface area (Å²) in [6, 6.07) is 11.1. The highest BCUT2D eigenvalue weighted by Crippen LogP contribution is 2.18. The molecule has 2 aromatic rings. The molecule has 1 aliphatic rings. The van der Waals surface area contributed by atoms with Crippen LogP contribution in [0.3, 0.4) is 0 Å². The van der Waals surface area contributed by atoms with E-state index in [1.807, 2.05) is 6.07 Å². The van der Waals surface area contributed by atoms with E-state index in [1.165, 1.54) is 18.3 Å². The molecule has 0 saturated carbocycles. The number of halogens is 1. The van der Waals surface area contributed by atoms with Crippen LogP contribution in [-0.4, -0.2) is 35.0 Å². The van der Waals surface area contributed by atoms with E-state index in [9.17, 15) is 9.18 Å². The van der Waals surface area contributed by atoms with Crippen LogP contribution in [0, 0.1) is 17.1 Å². The molecular weight excluding hydrogens is 297 g/mol. The fourth-order valence-electron chi connectivity index (χ4n) is 2.32. The van der Waals surface area contributed by atoms with Gasteiger partial charge in [0.2, 0.25) is 11.8 Å². The molecule has 0 bridgehead atoms. The van der Waals surface area contributed by atoms with E-state index >= 15 is 0 Å². The average Bonchev–Trinajstić information content (AvgIpc) is 2.52. The molecule has 1 saturated heterocycles. The van der Waals surface area contributed by atoms with E-state index in [4.69, 9.17) is 10.00 Å². The average molecular weight is 311 g/mol. The Labute approximate surface area is 132 Å². The van der Waals surface area contributed by atoms with Crippen LogP contribution in [0.1, 0.15) is 11.1 Å². The lowest BCUT2D eigenvalue weighted by atomic mass is 10.1. The van der Waals surface area contributed by atoms with Crippen molar-refractivity contribution in [2.75, 3.05) is 13.1 Å². The third kappa shape index (κ3) is 3.64. The van der Waals surface area contributed by atoms with Gasteiger partial charge in [0.25, 0.3) is 0 Å². The van der Waals surface area contributed by atoms with Gasteiger partial charge >= 0.3 is 0 Å². The number of carbonyl (C=O) groups is 1. The SMILES string of the molecule is N#Cc1ccnc(OC2CN(C(=O)Cc3ccc(F)cc3)C2)c1. The van der Waals surface area contributed by atoms with Gasteiger partial charge in [0, 0.05) is 12.3 Å². The topological polar surface area (TPSA) is 66.2 Å². The quantitative estimate of drug-likeness (QED) is 0.865. The molecule has 5 nitrogen and oxygen atoms in total. The van der Waals surface area contributed by atoms with Gasteiger partial charge in [0.05, 0.1) is 31.1 Å². The Morgan fingerprint density at radius 1 is 1.35 bits per heavy atom. The highest BCUT2D eigenvalue weighted by molar-refractivity contribution is 5.79. The van der Waals surface area contributed by atoms with Crippen molar-refractivity contribution < 1.29 is 13.9 Å². The molecule has 1 aromatic carbocycles. The number of nitrogens with zero attached hydrogens (tertiary/aromatic N) is 3. The van der Waals surface area contributed by atoms with E-state index in [1.54, 1.807) is 29.2 Å². The number of rotatable bonds is 4. The minimum absolute atomic E-state index is 0.0183. The molecule has 1 amide bonds. The first-order chi connectivity index (χ1) is 11.1. The van der Waals surface area contributed by atoms with Gasteiger partial charge in [0.1, 0.15) is 11.9 Å². The van der Waals surface area contributed by atoms with Crippen molar-refractivity contribution in [2.24, 2.45) is 0 Å². The molecule has 0 radical (unpaired) electrons. The standard InChI is InChI=1S/C17H14FN3O2/c18-14-3-1-12(2-4-14)8-17(22)21-10-15(11-21)23-16-7-13(9-19)5-6-20-16/h1-7,15H,8,10-11H2. The molecule has 0 atom stereocenters. The van der Waals surface area contributed by atoms with E-state index in [-0.39, 0.29) is 24.2 Å². The number of nitriles is 1. The van der Waals surface area contributed by atoms with Gasteiger partial charge < -0.3 is 9.64 Å². The molecular formula is C17H14FN3O2. The Hall–Kier alpha value is -2.94. The molecule has 0 unspecified atom stereocenters. The molecule has 23 heavy (non-hydrogen) atoms. The summed E-state index contributed by atoms with van der Waals surface area (Å²) in [5.74, 6) is 0.0561. The Balaban J connectivity index is 1.49. The summed E-state index contributed by atoms with van der Waals surface area (Å²) in [5, 5.41) is 8.83. The van der Waals surface area contributed by atoms with Gasteiger partial charge in [-0.1, -0.05) is 12.1 Å². The number of benzene rings is 1. The van der Waals surface area contributed by atoms with Crippen molar-refractivity contribution in [3.8, 4) is 11.9 Å². The van der Waals surface area contributed by atoms with E-state index in [0.29, 0.717) is 24.5 Å². The van der Waals surface area contributed by atoms with Crippen molar-refractivity contribution in [1.82, 2.24) is 9.88 Å². The van der Waals surface area contributed by atoms with Gasteiger partial charge in [-0.3, -0.25) is 4.79 Å². The minimum Gasteiger partial charge on any atom is -0.471 e. The maximum absolute atomic E-state index is 12.8. The zero-order valence-corrected chi connectivity index (χ0v) is 12.3. The Kier molecular flexibility index (Phi) is 4.20. The summed E-state index contributed by atoms with van der Waals surface area (Å²) in [6.45, 7) is 0.969. The Morgan fingerprint density at radius 2 is 2.09 bits per heavy atom. The lowest BCUT2D eigenvalue weighted by Gasteiger charge is -2.38. The zero-order chi connectivity index (χ0) is 16.2. The molecule has 0 aliphatic carbocycles. The lowest BCUT2D eigenvalue weighted by molar-refractivity contribution is -0.139. The summed E-state index contributed by atoms with van der Waals surface area (Å²) in [6.07, 6.45) is 1.65. The fraction of sp³-hybridized carbons (Fsp3) is 0.235. The molecule has 0 N–H and O–H groups in total.